The lowest BCUT2D eigenvalue weighted by atomic mass is 10.3. The molecule has 90 valence electrons. The van der Waals surface area contributed by atoms with Crippen molar-refractivity contribution in [1.29, 1.82) is 0 Å². The Morgan fingerprint density at radius 3 is 2.94 bits per heavy atom. The quantitative estimate of drug-likeness (QED) is 0.863. The molecule has 1 N–H and O–H groups in total. The molecule has 2 rings (SSSR count). The number of thiazole rings is 1. The summed E-state index contributed by atoms with van der Waals surface area (Å²) in [4.78, 5) is 15.7. The summed E-state index contributed by atoms with van der Waals surface area (Å²) in [5.41, 5.74) is 0.938. The van der Waals surface area contributed by atoms with Gasteiger partial charge in [-0.15, -0.1) is 11.3 Å². The van der Waals surface area contributed by atoms with Gasteiger partial charge >= 0.3 is 0 Å². The highest BCUT2D eigenvalue weighted by molar-refractivity contribution is 7.99. The van der Waals surface area contributed by atoms with Crippen molar-refractivity contribution >= 4 is 39.4 Å². The molecule has 0 saturated carbocycles. The van der Waals surface area contributed by atoms with Crippen LogP contribution < -0.4 is 0 Å². The standard InChI is InChI=1S/C11H12N2O2S2/c1-8(15)13(6-7-14)17-11-12-9-4-2-3-5-10(9)16-11/h2-5,14H,6-7H2,1H3. The molecular formula is C11H12N2O2S2. The van der Waals surface area contributed by atoms with E-state index in [1.807, 2.05) is 24.3 Å². The largest absolute Gasteiger partial charge is 0.394 e. The summed E-state index contributed by atoms with van der Waals surface area (Å²) in [5.74, 6) is -0.0803. The first-order chi connectivity index (χ1) is 8.20. The van der Waals surface area contributed by atoms with E-state index in [9.17, 15) is 4.79 Å². The zero-order valence-corrected chi connectivity index (χ0v) is 10.9. The Morgan fingerprint density at radius 1 is 1.53 bits per heavy atom. The van der Waals surface area contributed by atoms with Gasteiger partial charge in [0, 0.05) is 18.9 Å². The number of aromatic nitrogens is 1. The molecule has 0 aliphatic rings. The number of aliphatic hydroxyl groups excluding tert-OH is 1. The Bertz CT molecular complexity index is 494. The lowest BCUT2D eigenvalue weighted by Gasteiger charge is -2.15. The summed E-state index contributed by atoms with van der Waals surface area (Å²) in [5, 5.41) is 8.88. The van der Waals surface area contributed by atoms with Crippen LogP contribution in [0.4, 0.5) is 0 Å². The fourth-order valence-corrected chi connectivity index (χ4v) is 3.36. The summed E-state index contributed by atoms with van der Waals surface area (Å²) in [6.45, 7) is 1.75. The third-order valence-electron chi connectivity index (χ3n) is 2.12. The Kier molecular flexibility index (Phi) is 3.98. The van der Waals surface area contributed by atoms with Crippen molar-refractivity contribution in [3.8, 4) is 0 Å². The smallest absolute Gasteiger partial charge is 0.229 e. The van der Waals surface area contributed by atoms with E-state index in [-0.39, 0.29) is 12.5 Å². The lowest BCUT2D eigenvalue weighted by Crippen LogP contribution is -2.24. The molecule has 0 saturated heterocycles. The molecule has 0 aliphatic heterocycles. The number of carbonyl (C=O) groups excluding carboxylic acids is 1. The molecule has 1 aromatic carbocycles. The Labute approximate surface area is 107 Å². The molecule has 0 aliphatic carbocycles. The average molecular weight is 268 g/mol. The highest BCUT2D eigenvalue weighted by Crippen LogP contribution is 2.31. The van der Waals surface area contributed by atoms with Crippen LogP contribution in [0.2, 0.25) is 0 Å². The molecular weight excluding hydrogens is 256 g/mol. The first kappa shape index (κ1) is 12.3. The summed E-state index contributed by atoms with van der Waals surface area (Å²) < 4.78 is 3.43. The van der Waals surface area contributed by atoms with Crippen molar-refractivity contribution in [3.05, 3.63) is 24.3 Å². The van der Waals surface area contributed by atoms with Gasteiger partial charge in [0.1, 0.15) is 0 Å². The van der Waals surface area contributed by atoms with E-state index in [2.05, 4.69) is 4.98 Å². The van der Waals surface area contributed by atoms with Crippen LogP contribution in [0.15, 0.2) is 28.6 Å². The summed E-state index contributed by atoms with van der Waals surface area (Å²) in [7, 11) is 0. The summed E-state index contributed by atoms with van der Waals surface area (Å²) in [6.07, 6.45) is 0. The van der Waals surface area contributed by atoms with Crippen LogP contribution in [0.25, 0.3) is 10.2 Å². The molecule has 0 spiro atoms. The van der Waals surface area contributed by atoms with Crippen LogP contribution in [-0.4, -0.2) is 33.5 Å². The minimum Gasteiger partial charge on any atom is -0.394 e. The number of nitrogens with zero attached hydrogens (tertiary/aromatic N) is 2. The van der Waals surface area contributed by atoms with Gasteiger partial charge in [-0.2, -0.15) is 0 Å². The maximum Gasteiger partial charge on any atom is 0.229 e. The molecule has 4 nitrogen and oxygen atoms in total. The Hall–Kier alpha value is -1.11. The third kappa shape index (κ3) is 2.96. The number of hydrogen-bond acceptors (Lipinski definition) is 5. The van der Waals surface area contributed by atoms with Crippen molar-refractivity contribution in [2.45, 2.75) is 11.3 Å². The molecule has 0 unspecified atom stereocenters. The fourth-order valence-electron chi connectivity index (χ4n) is 1.34. The van der Waals surface area contributed by atoms with E-state index in [1.54, 1.807) is 11.3 Å². The number of benzene rings is 1. The highest BCUT2D eigenvalue weighted by atomic mass is 32.2. The van der Waals surface area contributed by atoms with Crippen LogP contribution in [0, 0.1) is 0 Å². The second-order valence-electron chi connectivity index (χ2n) is 3.38. The second kappa shape index (κ2) is 5.48. The van der Waals surface area contributed by atoms with Gasteiger partial charge in [-0.1, -0.05) is 12.1 Å². The molecule has 0 atom stereocenters. The third-order valence-corrected chi connectivity index (χ3v) is 4.33. The van der Waals surface area contributed by atoms with Gasteiger partial charge in [-0.25, -0.2) is 4.98 Å². The monoisotopic (exact) mass is 268 g/mol. The Balaban J connectivity index is 2.19. The van der Waals surface area contributed by atoms with Crippen LogP contribution in [0.5, 0.6) is 0 Å². The van der Waals surface area contributed by atoms with E-state index in [0.29, 0.717) is 6.54 Å². The number of aliphatic hydroxyl groups is 1. The van der Waals surface area contributed by atoms with Crippen molar-refractivity contribution in [2.75, 3.05) is 13.2 Å². The van der Waals surface area contributed by atoms with E-state index < -0.39 is 0 Å². The lowest BCUT2D eigenvalue weighted by molar-refractivity contribution is -0.124. The number of hydrogen-bond donors (Lipinski definition) is 1. The van der Waals surface area contributed by atoms with Crippen LogP contribution in [-0.2, 0) is 4.79 Å². The van der Waals surface area contributed by atoms with E-state index >= 15 is 0 Å². The molecule has 17 heavy (non-hydrogen) atoms. The Morgan fingerprint density at radius 2 is 2.29 bits per heavy atom. The van der Waals surface area contributed by atoms with Gasteiger partial charge < -0.3 is 5.11 Å². The molecule has 1 aromatic heterocycles. The molecule has 1 amide bonds. The van der Waals surface area contributed by atoms with E-state index in [4.69, 9.17) is 5.11 Å². The number of carbonyl (C=O) groups is 1. The number of rotatable bonds is 4. The predicted octanol–water partition coefficient (Wildman–Crippen LogP) is 2.14. The second-order valence-corrected chi connectivity index (χ2v) is 5.68. The van der Waals surface area contributed by atoms with Gasteiger partial charge in [0.05, 0.1) is 23.4 Å². The van der Waals surface area contributed by atoms with Gasteiger partial charge in [-0.05, 0) is 12.1 Å². The number of fused-ring (bicyclic) bond motifs is 1. The van der Waals surface area contributed by atoms with Crippen LogP contribution in [0.1, 0.15) is 6.92 Å². The zero-order valence-electron chi connectivity index (χ0n) is 9.29. The van der Waals surface area contributed by atoms with Crippen LogP contribution in [0.3, 0.4) is 0 Å². The number of amides is 1. The maximum atomic E-state index is 11.3. The van der Waals surface area contributed by atoms with E-state index in [0.717, 1.165) is 14.6 Å². The van der Waals surface area contributed by atoms with Crippen molar-refractivity contribution < 1.29 is 9.90 Å². The van der Waals surface area contributed by atoms with Crippen LogP contribution >= 0.6 is 23.3 Å². The van der Waals surface area contributed by atoms with Gasteiger partial charge in [0.15, 0.2) is 4.34 Å². The van der Waals surface area contributed by atoms with E-state index in [1.165, 1.54) is 23.2 Å². The van der Waals surface area contributed by atoms with Crippen molar-refractivity contribution in [3.63, 3.8) is 0 Å². The molecule has 0 bridgehead atoms. The number of para-hydroxylation sites is 1. The topological polar surface area (TPSA) is 53.4 Å². The molecule has 0 fully saturated rings. The summed E-state index contributed by atoms with van der Waals surface area (Å²) in [6, 6.07) is 7.85. The molecule has 2 aromatic rings. The van der Waals surface area contributed by atoms with Crippen molar-refractivity contribution in [1.82, 2.24) is 9.29 Å². The summed E-state index contributed by atoms with van der Waals surface area (Å²) >= 11 is 2.82. The average Bonchev–Trinajstić information content (AvgIpc) is 2.70. The van der Waals surface area contributed by atoms with Gasteiger partial charge in [-0.3, -0.25) is 9.10 Å². The molecule has 6 heteroatoms. The predicted molar refractivity (Wildman–Crippen MR) is 69.9 cm³/mol. The zero-order chi connectivity index (χ0) is 12.3. The van der Waals surface area contributed by atoms with Gasteiger partial charge in [0.2, 0.25) is 5.91 Å². The highest BCUT2D eigenvalue weighted by Gasteiger charge is 2.13. The first-order valence-electron chi connectivity index (χ1n) is 5.13. The minimum atomic E-state index is -0.0803. The van der Waals surface area contributed by atoms with Crippen molar-refractivity contribution in [2.24, 2.45) is 0 Å². The maximum absolute atomic E-state index is 11.3. The van der Waals surface area contributed by atoms with Gasteiger partial charge in [0.25, 0.3) is 0 Å². The fraction of sp³-hybridized carbons (Fsp3) is 0.273. The molecule has 1 heterocycles. The first-order valence-corrected chi connectivity index (χ1v) is 6.72. The molecule has 0 radical (unpaired) electrons. The normalized spacial score (nSPS) is 10.7. The SMILES string of the molecule is CC(=O)N(CCO)Sc1nc2ccccc2s1. The minimum absolute atomic E-state index is 0.0442.